The molecule has 1 aliphatic rings. The Morgan fingerprint density at radius 1 is 0.562 bits per heavy atom. The molecule has 8 N–H and O–H groups in total. The molecule has 0 radical (unpaired) electrons. The Bertz CT molecular complexity index is 1570. The number of nitrogens with one attached hydrogen (secondary N) is 2. The summed E-state index contributed by atoms with van der Waals surface area (Å²) in [5.41, 5.74) is -1.33. The Labute approximate surface area is 269 Å². The van der Waals surface area contributed by atoms with Gasteiger partial charge in [-0.25, -0.2) is 9.59 Å². The molecule has 3 aromatic carbocycles. The van der Waals surface area contributed by atoms with Crippen LogP contribution in [0.1, 0.15) is 37.5 Å². The lowest BCUT2D eigenvalue weighted by Gasteiger charge is -2.24. The number of hydrogen-bond donors (Lipinski definition) is 8. The van der Waals surface area contributed by atoms with Crippen LogP contribution < -0.4 is 10.6 Å². The van der Waals surface area contributed by atoms with Gasteiger partial charge in [-0.3, -0.25) is 19.2 Å². The number of cyclic esters (lactones) is 3. The molecule has 1 aliphatic heterocycles. The quantitative estimate of drug-likeness (QED) is 0.0730. The lowest BCUT2D eigenvalue weighted by Crippen LogP contribution is -2.50. The minimum atomic E-state index is -1.81. The highest BCUT2D eigenvalue weighted by molar-refractivity contribution is 6.02. The van der Waals surface area contributed by atoms with Crippen LogP contribution in [0.2, 0.25) is 0 Å². The molecule has 252 valence electrons. The Morgan fingerprint density at radius 3 is 1.40 bits per heavy atom. The first-order chi connectivity index (χ1) is 22.8. The molecule has 3 aromatic rings. The number of benzene rings is 3. The average molecular weight is 669 g/mol. The molecular formula is C31H28N2O15. The molecule has 0 aliphatic carbocycles. The van der Waals surface area contributed by atoms with Crippen molar-refractivity contribution in [3.05, 3.63) is 71.3 Å². The Kier molecular flexibility index (Phi) is 10.5. The number of carbonyl (C=O) groups is 6. The summed E-state index contributed by atoms with van der Waals surface area (Å²) in [6.45, 7) is -2.68. The Hall–Kier alpha value is -6.52. The van der Waals surface area contributed by atoms with Crippen LogP contribution in [0.3, 0.4) is 0 Å². The molecule has 0 aromatic heterocycles. The summed E-state index contributed by atoms with van der Waals surface area (Å²) in [4.78, 5) is 78.1. The van der Waals surface area contributed by atoms with Crippen molar-refractivity contribution in [1.82, 2.24) is 10.6 Å². The second kappa shape index (κ2) is 14.7. The number of amides is 2. The van der Waals surface area contributed by atoms with Gasteiger partial charge in [0.2, 0.25) is 0 Å². The molecule has 1 heterocycles. The van der Waals surface area contributed by atoms with Crippen LogP contribution in [0.4, 0.5) is 0 Å². The number of hydrogen-bond acceptors (Lipinski definition) is 15. The van der Waals surface area contributed by atoms with Crippen LogP contribution in [-0.4, -0.2) is 98.0 Å². The van der Waals surface area contributed by atoms with Gasteiger partial charge in [0.05, 0.1) is 22.6 Å². The first-order valence-corrected chi connectivity index (χ1v) is 14.0. The summed E-state index contributed by atoms with van der Waals surface area (Å²) in [6, 6.07) is 6.72. The van der Waals surface area contributed by atoms with Gasteiger partial charge in [-0.1, -0.05) is 18.2 Å². The number of rotatable bonds is 7. The van der Waals surface area contributed by atoms with Crippen molar-refractivity contribution in [2.24, 2.45) is 5.92 Å². The van der Waals surface area contributed by atoms with Gasteiger partial charge in [0, 0.05) is 6.42 Å². The van der Waals surface area contributed by atoms with Crippen LogP contribution in [-0.2, 0) is 28.6 Å². The highest BCUT2D eigenvalue weighted by atomic mass is 16.6. The standard InChI is InChI=1S/C31H28N2O15/c34-20-7-1-4-15(24(20)38)23(37)10-14-11-46-30(44)19(33-28(42)17-6-3-9-22(36)26(17)40)13-48-31(45)18(12-47-29(14)43)32-27(41)16-5-2-8-21(35)25(16)39/h1-9,14,18-19,34-36,38-40H,10-13H2,(H,32,41)(H,33,42)/t14-,18-,19-/m0/s1. The number of phenolic OH excluding ortho intramolecular Hbond substituents is 6. The third kappa shape index (κ3) is 7.82. The fourth-order valence-electron chi connectivity index (χ4n) is 4.37. The zero-order chi connectivity index (χ0) is 35.1. The lowest BCUT2D eigenvalue weighted by molar-refractivity contribution is -0.162. The SMILES string of the molecule is O=C(C[C@H]1COC(=O)[C@@H](NC(=O)c2cccc(O)c2O)COC(=O)[C@@H](NC(=O)c2cccc(O)c2O)COC1=O)c1cccc(O)c1O. The first-order valence-electron chi connectivity index (χ1n) is 14.0. The number of aromatic hydroxyl groups is 6. The second-order valence-electron chi connectivity index (χ2n) is 10.3. The fourth-order valence-corrected chi connectivity index (χ4v) is 4.37. The normalized spacial score (nSPS) is 18.6. The summed E-state index contributed by atoms with van der Waals surface area (Å²) in [5, 5.41) is 63.9. The van der Waals surface area contributed by atoms with Gasteiger partial charge in [-0.15, -0.1) is 0 Å². The van der Waals surface area contributed by atoms with E-state index in [1.807, 2.05) is 0 Å². The summed E-state index contributed by atoms with van der Waals surface area (Å²) >= 11 is 0. The maximum atomic E-state index is 13.1. The molecule has 17 nitrogen and oxygen atoms in total. The van der Waals surface area contributed by atoms with Gasteiger partial charge in [0.25, 0.3) is 11.8 Å². The fraction of sp³-hybridized carbons (Fsp3) is 0.226. The second-order valence-corrected chi connectivity index (χ2v) is 10.3. The van der Waals surface area contributed by atoms with Crippen molar-refractivity contribution in [2.75, 3.05) is 19.8 Å². The van der Waals surface area contributed by atoms with E-state index in [2.05, 4.69) is 10.6 Å². The van der Waals surface area contributed by atoms with E-state index in [1.165, 1.54) is 18.2 Å². The highest BCUT2D eigenvalue weighted by Crippen LogP contribution is 2.31. The number of Topliss-reactive ketones (excluding diaryl/α,β-unsaturated/α-hetero) is 1. The molecule has 2 amide bonds. The minimum absolute atomic E-state index is 0.379. The number of para-hydroxylation sites is 3. The van der Waals surface area contributed by atoms with Gasteiger partial charge in [-0.05, 0) is 36.4 Å². The van der Waals surface area contributed by atoms with Crippen LogP contribution in [0, 0.1) is 5.92 Å². The third-order valence-electron chi connectivity index (χ3n) is 6.99. The van der Waals surface area contributed by atoms with Gasteiger partial charge >= 0.3 is 17.9 Å². The van der Waals surface area contributed by atoms with Crippen molar-refractivity contribution >= 4 is 35.5 Å². The Balaban J connectivity index is 1.63. The maximum Gasteiger partial charge on any atom is 0.332 e. The van der Waals surface area contributed by atoms with Crippen LogP contribution in [0.15, 0.2) is 54.6 Å². The highest BCUT2D eigenvalue weighted by Gasteiger charge is 2.35. The molecular weight excluding hydrogens is 640 g/mol. The molecule has 4 rings (SSSR count). The molecule has 0 bridgehead atoms. The van der Waals surface area contributed by atoms with Crippen LogP contribution in [0.5, 0.6) is 34.5 Å². The molecule has 17 heteroatoms. The van der Waals surface area contributed by atoms with E-state index in [9.17, 15) is 59.4 Å². The van der Waals surface area contributed by atoms with Gasteiger partial charge < -0.3 is 55.5 Å². The van der Waals surface area contributed by atoms with Crippen LogP contribution in [0.25, 0.3) is 0 Å². The van der Waals surface area contributed by atoms with E-state index in [0.717, 1.165) is 36.4 Å². The smallest absolute Gasteiger partial charge is 0.332 e. The van der Waals surface area contributed by atoms with E-state index >= 15 is 0 Å². The molecule has 0 spiro atoms. The first kappa shape index (κ1) is 34.4. The van der Waals surface area contributed by atoms with E-state index in [1.54, 1.807) is 0 Å². The zero-order valence-corrected chi connectivity index (χ0v) is 24.6. The van der Waals surface area contributed by atoms with E-state index < -0.39 is 125 Å². The molecule has 1 saturated heterocycles. The number of ether oxygens (including phenoxy) is 3. The van der Waals surface area contributed by atoms with E-state index in [-0.39, 0.29) is 5.56 Å². The van der Waals surface area contributed by atoms with Gasteiger partial charge in [-0.2, -0.15) is 0 Å². The average Bonchev–Trinajstić information content (AvgIpc) is 3.05. The van der Waals surface area contributed by atoms with Crippen molar-refractivity contribution in [1.29, 1.82) is 0 Å². The predicted octanol–water partition coefficient (Wildman–Crippen LogP) is 0.350. The van der Waals surface area contributed by atoms with Crippen molar-refractivity contribution in [2.45, 2.75) is 18.5 Å². The van der Waals surface area contributed by atoms with Gasteiger partial charge in [0.15, 0.2) is 52.4 Å². The van der Waals surface area contributed by atoms with Crippen molar-refractivity contribution < 1.29 is 73.6 Å². The third-order valence-corrected chi connectivity index (χ3v) is 6.99. The largest absolute Gasteiger partial charge is 0.504 e. The number of ketones is 1. The van der Waals surface area contributed by atoms with Crippen molar-refractivity contribution in [3.63, 3.8) is 0 Å². The summed E-state index contributed by atoms with van der Waals surface area (Å²) in [6.07, 6.45) is -0.754. The van der Waals surface area contributed by atoms with E-state index in [0.29, 0.717) is 0 Å². The van der Waals surface area contributed by atoms with Crippen molar-refractivity contribution in [3.8, 4) is 34.5 Å². The maximum absolute atomic E-state index is 13.1. The molecule has 48 heavy (non-hydrogen) atoms. The van der Waals surface area contributed by atoms with Crippen LogP contribution >= 0.6 is 0 Å². The zero-order valence-electron chi connectivity index (χ0n) is 24.6. The minimum Gasteiger partial charge on any atom is -0.504 e. The summed E-state index contributed by atoms with van der Waals surface area (Å²) in [5.74, 6) is -12.9. The molecule has 3 atom stereocenters. The molecule has 1 fully saturated rings. The summed E-state index contributed by atoms with van der Waals surface area (Å²) < 4.78 is 15.4. The molecule has 0 saturated carbocycles. The topological polar surface area (TPSA) is 276 Å². The lowest BCUT2D eigenvalue weighted by atomic mass is 9.98. The summed E-state index contributed by atoms with van der Waals surface area (Å²) in [7, 11) is 0. The monoisotopic (exact) mass is 668 g/mol. The number of carbonyl (C=O) groups excluding carboxylic acids is 6. The predicted molar refractivity (Wildman–Crippen MR) is 157 cm³/mol. The number of esters is 3. The Morgan fingerprint density at radius 2 is 0.938 bits per heavy atom. The van der Waals surface area contributed by atoms with E-state index in [4.69, 9.17) is 14.2 Å². The number of phenols is 6. The molecule has 0 unspecified atom stereocenters. The van der Waals surface area contributed by atoms with Gasteiger partial charge in [0.1, 0.15) is 19.8 Å².